The van der Waals surface area contributed by atoms with Gasteiger partial charge in [-0.05, 0) is 14.1 Å². The lowest BCUT2D eigenvalue weighted by Gasteiger charge is -2.10. The number of hydrogen-bond acceptors (Lipinski definition) is 3. The molecule has 1 aromatic heterocycles. The van der Waals surface area contributed by atoms with E-state index in [1.54, 1.807) is 17.0 Å². The maximum absolute atomic E-state index is 10.9. The van der Waals surface area contributed by atoms with E-state index < -0.39 is 5.91 Å². The second-order valence-corrected chi connectivity index (χ2v) is 3.11. The van der Waals surface area contributed by atoms with Gasteiger partial charge in [0.25, 0.3) is 5.91 Å². The zero-order valence-electron chi connectivity index (χ0n) is 7.90. The Kier molecular flexibility index (Phi) is 3.02. The Hall–Kier alpha value is -1.36. The van der Waals surface area contributed by atoms with Gasteiger partial charge in [-0.1, -0.05) is 0 Å². The monoisotopic (exact) mass is 182 g/mol. The Bertz CT molecular complexity index is 292. The highest BCUT2D eigenvalue weighted by atomic mass is 16.1. The lowest BCUT2D eigenvalue weighted by molar-refractivity contribution is 0.0985. The van der Waals surface area contributed by atoms with Crippen LogP contribution in [-0.2, 0) is 6.54 Å². The van der Waals surface area contributed by atoms with E-state index in [0.29, 0.717) is 5.82 Å². The zero-order valence-corrected chi connectivity index (χ0v) is 7.90. The van der Waals surface area contributed by atoms with Crippen LogP contribution in [0.4, 0.5) is 0 Å². The fourth-order valence-electron chi connectivity index (χ4n) is 1.02. The summed E-state index contributed by atoms with van der Waals surface area (Å²) < 4.78 is 1.75. The van der Waals surface area contributed by atoms with Crippen LogP contribution in [0.25, 0.3) is 0 Å². The first-order valence-corrected chi connectivity index (χ1v) is 4.07. The van der Waals surface area contributed by atoms with Gasteiger partial charge < -0.3 is 15.2 Å². The molecule has 0 radical (unpaired) electrons. The number of amides is 1. The van der Waals surface area contributed by atoms with Crippen LogP contribution in [0, 0.1) is 0 Å². The van der Waals surface area contributed by atoms with Gasteiger partial charge in [0.2, 0.25) is 0 Å². The quantitative estimate of drug-likeness (QED) is 0.685. The molecule has 0 aliphatic carbocycles. The molecule has 0 saturated heterocycles. The van der Waals surface area contributed by atoms with Gasteiger partial charge in [0.05, 0.1) is 0 Å². The van der Waals surface area contributed by atoms with E-state index in [1.165, 1.54) is 0 Å². The van der Waals surface area contributed by atoms with Gasteiger partial charge >= 0.3 is 0 Å². The second kappa shape index (κ2) is 4.04. The summed E-state index contributed by atoms with van der Waals surface area (Å²) in [5, 5.41) is 0. The molecule has 0 fully saturated rings. The fourth-order valence-corrected chi connectivity index (χ4v) is 1.02. The van der Waals surface area contributed by atoms with Crippen molar-refractivity contribution >= 4 is 5.91 Å². The number of nitrogens with two attached hydrogens (primary N) is 1. The zero-order chi connectivity index (χ0) is 9.84. The summed E-state index contributed by atoms with van der Waals surface area (Å²) in [5.74, 6) is -0.161. The van der Waals surface area contributed by atoms with Gasteiger partial charge in [0.1, 0.15) is 0 Å². The summed E-state index contributed by atoms with van der Waals surface area (Å²) in [6.07, 6.45) is 3.33. The van der Waals surface area contributed by atoms with Crippen molar-refractivity contribution in [1.29, 1.82) is 0 Å². The van der Waals surface area contributed by atoms with Crippen LogP contribution in [-0.4, -0.2) is 41.0 Å². The highest BCUT2D eigenvalue weighted by Gasteiger charge is 2.07. The van der Waals surface area contributed by atoms with E-state index in [2.05, 4.69) is 4.98 Å². The smallest absolute Gasteiger partial charge is 0.284 e. The second-order valence-electron chi connectivity index (χ2n) is 3.11. The van der Waals surface area contributed by atoms with Crippen molar-refractivity contribution in [3.05, 3.63) is 18.2 Å². The topological polar surface area (TPSA) is 64.2 Å². The average molecular weight is 182 g/mol. The predicted molar refractivity (Wildman–Crippen MR) is 49.3 cm³/mol. The first-order valence-electron chi connectivity index (χ1n) is 4.07. The van der Waals surface area contributed by atoms with Crippen molar-refractivity contribution in [2.45, 2.75) is 6.54 Å². The Labute approximate surface area is 77.2 Å². The molecular weight excluding hydrogens is 168 g/mol. The molecule has 1 aromatic rings. The summed E-state index contributed by atoms with van der Waals surface area (Å²) >= 11 is 0. The molecule has 0 aliphatic rings. The Morgan fingerprint density at radius 1 is 1.69 bits per heavy atom. The van der Waals surface area contributed by atoms with E-state index in [9.17, 15) is 4.79 Å². The van der Waals surface area contributed by atoms with Crippen molar-refractivity contribution in [1.82, 2.24) is 14.5 Å². The van der Waals surface area contributed by atoms with Gasteiger partial charge in [-0.3, -0.25) is 4.79 Å². The van der Waals surface area contributed by atoms with Gasteiger partial charge in [-0.25, -0.2) is 4.98 Å². The van der Waals surface area contributed by atoms with E-state index in [1.807, 2.05) is 19.0 Å². The van der Waals surface area contributed by atoms with Crippen LogP contribution in [0.15, 0.2) is 12.4 Å². The molecule has 1 rings (SSSR count). The molecule has 0 aromatic carbocycles. The number of carbonyl (C=O) groups excluding carboxylic acids is 1. The number of imidazole rings is 1. The van der Waals surface area contributed by atoms with Crippen molar-refractivity contribution in [3.8, 4) is 0 Å². The number of aromatic nitrogens is 2. The number of primary amides is 1. The first kappa shape index (κ1) is 9.73. The molecule has 1 amide bonds. The summed E-state index contributed by atoms with van der Waals surface area (Å²) in [5.41, 5.74) is 5.13. The van der Waals surface area contributed by atoms with Gasteiger partial charge in [-0.15, -0.1) is 0 Å². The number of rotatable bonds is 4. The van der Waals surface area contributed by atoms with Crippen LogP contribution < -0.4 is 5.73 Å². The van der Waals surface area contributed by atoms with E-state index in [0.717, 1.165) is 13.1 Å². The third-order valence-corrected chi connectivity index (χ3v) is 1.72. The molecule has 0 bridgehead atoms. The van der Waals surface area contributed by atoms with Crippen molar-refractivity contribution in [2.75, 3.05) is 20.6 Å². The number of hydrogen-bond donors (Lipinski definition) is 1. The van der Waals surface area contributed by atoms with Gasteiger partial charge in [0.15, 0.2) is 5.82 Å². The van der Waals surface area contributed by atoms with E-state index >= 15 is 0 Å². The normalized spacial score (nSPS) is 10.7. The van der Waals surface area contributed by atoms with Crippen molar-refractivity contribution in [2.24, 2.45) is 5.73 Å². The highest BCUT2D eigenvalue weighted by molar-refractivity contribution is 5.89. The minimum Gasteiger partial charge on any atom is -0.363 e. The predicted octanol–water partition coefficient (Wildman–Crippen LogP) is -0.456. The van der Waals surface area contributed by atoms with Crippen LogP contribution in [0.2, 0.25) is 0 Å². The number of likely N-dealkylation sites (N-methyl/N-ethyl adjacent to an activating group) is 1. The van der Waals surface area contributed by atoms with Crippen LogP contribution in [0.3, 0.4) is 0 Å². The van der Waals surface area contributed by atoms with Gasteiger partial charge in [0, 0.05) is 25.5 Å². The van der Waals surface area contributed by atoms with Crippen LogP contribution in [0.1, 0.15) is 10.6 Å². The van der Waals surface area contributed by atoms with Crippen molar-refractivity contribution < 1.29 is 4.79 Å². The largest absolute Gasteiger partial charge is 0.363 e. The molecule has 0 saturated carbocycles. The minimum absolute atomic E-state index is 0.321. The van der Waals surface area contributed by atoms with Crippen LogP contribution >= 0.6 is 0 Å². The average Bonchev–Trinajstić information content (AvgIpc) is 2.47. The van der Waals surface area contributed by atoms with Crippen LogP contribution in [0.5, 0.6) is 0 Å². The maximum atomic E-state index is 10.9. The molecule has 0 atom stereocenters. The third kappa shape index (κ3) is 2.55. The molecular formula is C8H14N4O. The first-order chi connectivity index (χ1) is 6.11. The molecule has 0 aliphatic heterocycles. The number of nitrogens with zero attached hydrogens (tertiary/aromatic N) is 3. The van der Waals surface area contributed by atoms with Gasteiger partial charge in [-0.2, -0.15) is 0 Å². The summed E-state index contributed by atoms with van der Waals surface area (Å²) in [6.45, 7) is 1.59. The van der Waals surface area contributed by atoms with E-state index in [4.69, 9.17) is 5.73 Å². The fraction of sp³-hybridized carbons (Fsp3) is 0.500. The molecule has 5 heteroatoms. The van der Waals surface area contributed by atoms with E-state index in [-0.39, 0.29) is 0 Å². The Morgan fingerprint density at radius 2 is 2.38 bits per heavy atom. The summed E-state index contributed by atoms with van der Waals surface area (Å²) in [7, 11) is 3.95. The summed E-state index contributed by atoms with van der Waals surface area (Å²) in [6, 6.07) is 0. The Morgan fingerprint density at radius 3 is 2.92 bits per heavy atom. The molecule has 2 N–H and O–H groups in total. The standard InChI is InChI=1S/C8H14N4O/c1-11(2)5-6-12-4-3-10-8(12)7(9)13/h3-4H,5-6H2,1-2H3,(H2,9,13). The molecule has 72 valence electrons. The molecule has 13 heavy (non-hydrogen) atoms. The minimum atomic E-state index is -0.483. The lowest BCUT2D eigenvalue weighted by Crippen LogP contribution is -2.23. The molecule has 1 heterocycles. The lowest BCUT2D eigenvalue weighted by atomic mass is 10.5. The van der Waals surface area contributed by atoms with Crippen molar-refractivity contribution in [3.63, 3.8) is 0 Å². The third-order valence-electron chi connectivity index (χ3n) is 1.72. The Balaban J connectivity index is 2.65. The molecule has 0 spiro atoms. The molecule has 0 unspecified atom stereocenters. The highest BCUT2D eigenvalue weighted by Crippen LogP contribution is 1.96. The number of carbonyl (C=O) groups is 1. The summed E-state index contributed by atoms with van der Waals surface area (Å²) in [4.78, 5) is 16.7. The molecule has 5 nitrogen and oxygen atoms in total. The maximum Gasteiger partial charge on any atom is 0.284 e. The SMILES string of the molecule is CN(C)CCn1ccnc1C(N)=O.